The second-order valence-corrected chi connectivity index (χ2v) is 4.34. The van der Waals surface area contributed by atoms with E-state index in [9.17, 15) is 4.79 Å². The first-order valence-electron chi connectivity index (χ1n) is 6.02. The summed E-state index contributed by atoms with van der Waals surface area (Å²) in [5.41, 5.74) is 6.70. The van der Waals surface area contributed by atoms with E-state index in [1.807, 2.05) is 47.5 Å². The van der Waals surface area contributed by atoms with E-state index in [-0.39, 0.29) is 0 Å². The maximum atomic E-state index is 11.5. The zero-order valence-corrected chi connectivity index (χ0v) is 10.3. The number of para-hydroxylation sites is 2. The van der Waals surface area contributed by atoms with Gasteiger partial charge in [0.2, 0.25) is 0 Å². The summed E-state index contributed by atoms with van der Waals surface area (Å²) in [6.07, 6.45) is 1.99. The van der Waals surface area contributed by atoms with Crippen molar-refractivity contribution in [3.63, 3.8) is 0 Å². The van der Waals surface area contributed by atoms with Crippen LogP contribution < -0.4 is 21.2 Å². The molecule has 3 rings (SSSR count). The predicted octanol–water partition coefficient (Wildman–Crippen LogP) is 0.621. The molecule has 94 valence electrons. The van der Waals surface area contributed by atoms with Crippen molar-refractivity contribution in [1.29, 1.82) is 0 Å². The van der Waals surface area contributed by atoms with Gasteiger partial charge in [-0.05, 0) is 18.2 Å². The summed E-state index contributed by atoms with van der Waals surface area (Å²) in [4.78, 5) is 17.9. The lowest BCUT2D eigenvalue weighted by Gasteiger charge is -2.22. The molecule has 1 amide bonds. The van der Waals surface area contributed by atoms with E-state index in [4.69, 9.17) is 5.73 Å². The van der Waals surface area contributed by atoms with Crippen LogP contribution in [-0.2, 0) is 0 Å². The van der Waals surface area contributed by atoms with Crippen molar-refractivity contribution in [1.82, 2.24) is 0 Å². The first-order valence-corrected chi connectivity index (χ1v) is 6.02. The molecule has 0 saturated heterocycles. The van der Waals surface area contributed by atoms with Crippen LogP contribution in [-0.4, -0.2) is 12.6 Å². The maximum Gasteiger partial charge on any atom is 0.250 e. The van der Waals surface area contributed by atoms with Gasteiger partial charge in [0.05, 0.1) is 16.6 Å². The van der Waals surface area contributed by atoms with E-state index in [1.165, 1.54) is 0 Å². The van der Waals surface area contributed by atoms with Gasteiger partial charge in [-0.2, -0.15) is 0 Å². The fourth-order valence-electron chi connectivity index (χ4n) is 2.18. The Morgan fingerprint density at radius 2 is 1.84 bits per heavy atom. The monoisotopic (exact) mass is 251 g/mol. The van der Waals surface area contributed by atoms with E-state index in [0.717, 1.165) is 16.3 Å². The first kappa shape index (κ1) is 11.5. The quantitative estimate of drug-likeness (QED) is 0.850. The minimum absolute atomic E-state index is 0.428. The topological polar surface area (TPSA) is 58.7 Å². The van der Waals surface area contributed by atoms with Crippen LogP contribution in [0.15, 0.2) is 53.5 Å². The molecular formula is C15H13N3O. The molecule has 0 spiro atoms. The number of carbonyl (C=O) groups is 1. The summed E-state index contributed by atoms with van der Waals surface area (Å²) < 4.78 is 0. The number of fused-ring (bicyclic) bond motifs is 1. The van der Waals surface area contributed by atoms with Crippen molar-refractivity contribution in [3.8, 4) is 0 Å². The van der Waals surface area contributed by atoms with Crippen LogP contribution in [0.25, 0.3) is 6.20 Å². The molecule has 1 heterocycles. The molecule has 4 nitrogen and oxygen atoms in total. The Morgan fingerprint density at radius 3 is 2.68 bits per heavy atom. The number of hydrogen-bond acceptors (Lipinski definition) is 3. The van der Waals surface area contributed by atoms with Crippen molar-refractivity contribution < 1.29 is 4.79 Å². The van der Waals surface area contributed by atoms with Crippen LogP contribution >= 0.6 is 0 Å². The minimum Gasteiger partial charge on any atom is -0.366 e. The second-order valence-electron chi connectivity index (χ2n) is 4.34. The molecule has 0 aliphatic carbocycles. The second kappa shape index (κ2) is 4.57. The number of rotatable bonds is 2. The smallest absolute Gasteiger partial charge is 0.250 e. The zero-order chi connectivity index (χ0) is 13.2. The Labute approximate surface area is 110 Å². The lowest BCUT2D eigenvalue weighted by atomic mass is 10.1. The number of benzene rings is 2. The fraction of sp³-hybridized carbons (Fsp3) is 0.0667. The van der Waals surface area contributed by atoms with Crippen LogP contribution in [0.2, 0.25) is 0 Å². The van der Waals surface area contributed by atoms with Gasteiger partial charge in [0.1, 0.15) is 6.67 Å². The lowest BCUT2D eigenvalue weighted by Crippen LogP contribution is -2.36. The molecule has 4 heteroatoms. The molecule has 0 saturated carbocycles. The molecule has 0 aromatic heterocycles. The number of nitrogens with zero attached hydrogens (tertiary/aromatic N) is 2. The molecule has 1 aliphatic heterocycles. The van der Waals surface area contributed by atoms with Crippen molar-refractivity contribution in [2.45, 2.75) is 0 Å². The van der Waals surface area contributed by atoms with Crippen molar-refractivity contribution in [3.05, 3.63) is 64.7 Å². The summed E-state index contributed by atoms with van der Waals surface area (Å²) in [6.45, 7) is 0.487. The van der Waals surface area contributed by atoms with E-state index < -0.39 is 5.91 Å². The molecule has 0 radical (unpaired) electrons. The summed E-state index contributed by atoms with van der Waals surface area (Å²) in [5, 5.41) is 2.00. The molecule has 19 heavy (non-hydrogen) atoms. The molecule has 1 aliphatic rings. The van der Waals surface area contributed by atoms with E-state index >= 15 is 0 Å². The van der Waals surface area contributed by atoms with Gasteiger partial charge in [0.15, 0.2) is 0 Å². The van der Waals surface area contributed by atoms with Gasteiger partial charge in [-0.25, -0.2) is 0 Å². The average Bonchev–Trinajstić information content (AvgIpc) is 2.46. The highest BCUT2D eigenvalue weighted by Gasteiger charge is 2.13. The normalized spacial score (nSPS) is 13.2. The van der Waals surface area contributed by atoms with Gasteiger partial charge in [-0.1, -0.05) is 30.3 Å². The van der Waals surface area contributed by atoms with Gasteiger partial charge in [-0.3, -0.25) is 9.79 Å². The van der Waals surface area contributed by atoms with Gasteiger partial charge < -0.3 is 10.6 Å². The predicted molar refractivity (Wildman–Crippen MR) is 74.0 cm³/mol. The fourth-order valence-corrected chi connectivity index (χ4v) is 2.18. The molecule has 0 fully saturated rings. The lowest BCUT2D eigenvalue weighted by molar-refractivity contribution is 0.100. The SMILES string of the molecule is NC(=O)c1ccccc1N1C=c2ccccc2=NC1. The number of carbonyl (C=O) groups excluding carboxylic acids is 1. The molecular weight excluding hydrogens is 238 g/mol. The molecule has 2 aromatic carbocycles. The van der Waals surface area contributed by atoms with E-state index in [0.29, 0.717) is 12.2 Å². The summed E-state index contributed by atoms with van der Waals surface area (Å²) in [6, 6.07) is 15.2. The number of anilines is 1. The highest BCUT2D eigenvalue weighted by Crippen LogP contribution is 2.20. The Hall–Kier alpha value is -2.62. The Morgan fingerprint density at radius 1 is 1.11 bits per heavy atom. The first-order chi connectivity index (χ1) is 9.25. The third kappa shape index (κ3) is 2.08. The van der Waals surface area contributed by atoms with E-state index in [1.54, 1.807) is 12.1 Å². The van der Waals surface area contributed by atoms with Crippen LogP contribution in [0, 0.1) is 0 Å². The largest absolute Gasteiger partial charge is 0.366 e. The van der Waals surface area contributed by atoms with Gasteiger partial charge in [-0.15, -0.1) is 0 Å². The Bertz CT molecular complexity index is 752. The summed E-state index contributed by atoms with van der Waals surface area (Å²) >= 11 is 0. The van der Waals surface area contributed by atoms with Crippen molar-refractivity contribution >= 4 is 17.8 Å². The van der Waals surface area contributed by atoms with Gasteiger partial charge >= 0.3 is 0 Å². The number of hydrogen-bond donors (Lipinski definition) is 1. The number of amides is 1. The molecule has 0 unspecified atom stereocenters. The van der Waals surface area contributed by atoms with Crippen molar-refractivity contribution in [2.75, 3.05) is 11.6 Å². The average molecular weight is 251 g/mol. The maximum absolute atomic E-state index is 11.5. The Kier molecular flexibility index (Phi) is 2.76. The Balaban J connectivity index is 2.11. The number of nitrogens with two attached hydrogens (primary N) is 1. The van der Waals surface area contributed by atoms with Gasteiger partial charge in [0.25, 0.3) is 5.91 Å². The molecule has 2 N–H and O–H groups in total. The third-order valence-corrected chi connectivity index (χ3v) is 3.10. The van der Waals surface area contributed by atoms with Crippen LogP contribution in [0.5, 0.6) is 0 Å². The van der Waals surface area contributed by atoms with Crippen LogP contribution in [0.1, 0.15) is 10.4 Å². The zero-order valence-electron chi connectivity index (χ0n) is 10.3. The molecule has 0 atom stereocenters. The molecule has 0 bridgehead atoms. The van der Waals surface area contributed by atoms with Gasteiger partial charge in [0, 0.05) is 11.4 Å². The highest BCUT2D eigenvalue weighted by atomic mass is 16.1. The third-order valence-electron chi connectivity index (χ3n) is 3.10. The summed E-state index contributed by atoms with van der Waals surface area (Å²) in [7, 11) is 0. The standard InChI is InChI=1S/C15H13N3O/c16-15(19)12-6-2-4-8-14(12)18-9-11-5-1-3-7-13(11)17-10-18/h1-9H,10H2,(H2,16,19). The number of primary amides is 1. The van der Waals surface area contributed by atoms with Crippen LogP contribution in [0.4, 0.5) is 5.69 Å². The summed E-state index contributed by atoms with van der Waals surface area (Å²) in [5.74, 6) is -0.428. The van der Waals surface area contributed by atoms with Crippen LogP contribution in [0.3, 0.4) is 0 Å². The highest BCUT2D eigenvalue weighted by molar-refractivity contribution is 5.99. The van der Waals surface area contributed by atoms with Crippen molar-refractivity contribution in [2.24, 2.45) is 10.7 Å². The minimum atomic E-state index is -0.428. The molecule has 2 aromatic rings. The van der Waals surface area contributed by atoms with E-state index in [2.05, 4.69) is 4.99 Å².